The Kier molecular flexibility index (Phi) is 5.23. The van der Waals surface area contributed by atoms with Crippen LogP contribution in [0.3, 0.4) is 0 Å². The minimum Gasteiger partial charge on any atom is -0.495 e. The zero-order valence-corrected chi connectivity index (χ0v) is 15.3. The molecule has 2 rings (SSSR count). The molecule has 1 aromatic carbocycles. The van der Waals surface area contributed by atoms with Gasteiger partial charge in [-0.05, 0) is 24.2 Å². The van der Waals surface area contributed by atoms with Gasteiger partial charge in [0.25, 0.3) is 0 Å². The fourth-order valence-electron chi connectivity index (χ4n) is 2.44. The molecule has 0 fully saturated rings. The summed E-state index contributed by atoms with van der Waals surface area (Å²) in [5, 5.41) is 4.65. The van der Waals surface area contributed by atoms with Crippen LogP contribution in [0.4, 0.5) is 0 Å². The van der Waals surface area contributed by atoms with Crippen LogP contribution in [-0.2, 0) is 4.84 Å². The Morgan fingerprint density at radius 1 is 1.38 bits per heavy atom. The van der Waals surface area contributed by atoms with Crippen LogP contribution in [0.25, 0.3) is 0 Å². The lowest BCUT2D eigenvalue weighted by molar-refractivity contribution is 0.0573. The van der Waals surface area contributed by atoms with E-state index >= 15 is 0 Å². The highest BCUT2D eigenvalue weighted by Crippen LogP contribution is 2.30. The van der Waals surface area contributed by atoms with Crippen LogP contribution in [0.2, 0.25) is 30.7 Å². The van der Waals surface area contributed by atoms with E-state index in [-0.39, 0.29) is 11.5 Å². The number of hydrogen-bond donors (Lipinski definition) is 0. The van der Waals surface area contributed by atoms with Crippen molar-refractivity contribution < 1.29 is 9.57 Å². The van der Waals surface area contributed by atoms with Crippen LogP contribution in [0.5, 0.6) is 5.75 Å². The number of hydrogen-bond acceptors (Lipinski definition) is 3. The van der Waals surface area contributed by atoms with Gasteiger partial charge < -0.3 is 9.57 Å². The van der Waals surface area contributed by atoms with Crippen LogP contribution >= 0.6 is 23.2 Å². The highest BCUT2D eigenvalue weighted by atomic mass is 35.5. The molecule has 0 N–H and O–H groups in total. The molecule has 1 aromatic rings. The van der Waals surface area contributed by atoms with Gasteiger partial charge in [0.1, 0.15) is 17.6 Å². The van der Waals surface area contributed by atoms with E-state index < -0.39 is 8.07 Å². The lowest BCUT2D eigenvalue weighted by Crippen LogP contribution is -2.34. The van der Waals surface area contributed by atoms with Gasteiger partial charge in [0, 0.05) is 20.1 Å². The van der Waals surface area contributed by atoms with E-state index in [0.717, 1.165) is 23.7 Å². The highest BCUT2D eigenvalue weighted by molar-refractivity contribution is 6.76. The number of halogens is 2. The van der Waals surface area contributed by atoms with E-state index in [1.165, 1.54) is 0 Å². The Hall–Kier alpha value is -0.713. The Bertz CT molecular complexity index is 543. The summed E-state index contributed by atoms with van der Waals surface area (Å²) in [6, 6.07) is 6.60. The number of oxime groups is 1. The molecular formula is C15H21Cl2NO2Si. The first-order chi connectivity index (χ1) is 9.80. The van der Waals surface area contributed by atoms with Crippen molar-refractivity contribution in [2.45, 2.75) is 43.6 Å². The minimum absolute atomic E-state index is 0.122. The zero-order chi connectivity index (χ0) is 15.6. The van der Waals surface area contributed by atoms with E-state index in [1.807, 2.05) is 18.2 Å². The van der Waals surface area contributed by atoms with Crippen LogP contribution in [0, 0.1) is 0 Å². The van der Waals surface area contributed by atoms with Crippen molar-refractivity contribution in [2.24, 2.45) is 5.16 Å². The second-order valence-electron chi connectivity index (χ2n) is 6.52. The predicted molar refractivity (Wildman–Crippen MR) is 91.8 cm³/mol. The molecule has 116 valence electrons. The van der Waals surface area contributed by atoms with Gasteiger partial charge >= 0.3 is 0 Å². The number of alkyl halides is 1. The van der Waals surface area contributed by atoms with Crippen molar-refractivity contribution in [3.63, 3.8) is 0 Å². The second-order valence-corrected chi connectivity index (χ2v) is 13.0. The van der Waals surface area contributed by atoms with Crippen LogP contribution < -0.4 is 4.74 Å². The van der Waals surface area contributed by atoms with Crippen molar-refractivity contribution in [3.05, 3.63) is 28.8 Å². The summed E-state index contributed by atoms with van der Waals surface area (Å²) in [7, 11) is 0.403. The standard InChI is InChI=1S/C15H21Cl2NO2Si/c1-19-14-6-5-10(7-12(14)16)15-13(17)8-11(20-18-15)9-21(2,3)4/h5-7,11,13H,8-9H2,1-4H3/t11-,13+/m1/s1. The molecule has 0 unspecified atom stereocenters. The minimum atomic E-state index is -1.19. The second kappa shape index (κ2) is 6.59. The number of rotatable bonds is 4. The molecule has 0 aromatic heterocycles. The highest BCUT2D eigenvalue weighted by Gasteiger charge is 2.30. The van der Waals surface area contributed by atoms with Crippen molar-refractivity contribution in [1.82, 2.24) is 0 Å². The Morgan fingerprint density at radius 3 is 2.62 bits per heavy atom. The normalized spacial score (nSPS) is 22.5. The summed E-state index contributed by atoms with van der Waals surface area (Å²) in [6.45, 7) is 6.96. The molecular weight excluding hydrogens is 325 g/mol. The first-order valence-corrected chi connectivity index (χ1v) is 11.5. The molecule has 0 spiro atoms. The summed E-state index contributed by atoms with van der Waals surface area (Å²) in [5.41, 5.74) is 1.63. The van der Waals surface area contributed by atoms with Crippen molar-refractivity contribution in [3.8, 4) is 5.75 Å². The molecule has 0 radical (unpaired) electrons. The molecule has 0 bridgehead atoms. The maximum Gasteiger partial charge on any atom is 0.137 e. The molecule has 1 aliphatic heterocycles. The summed E-state index contributed by atoms with van der Waals surface area (Å²) in [5.74, 6) is 0.639. The van der Waals surface area contributed by atoms with Gasteiger partial charge in [0.05, 0.1) is 17.5 Å². The molecule has 0 saturated heterocycles. The molecule has 0 saturated carbocycles. The van der Waals surface area contributed by atoms with Gasteiger partial charge in [-0.15, -0.1) is 11.6 Å². The molecule has 3 nitrogen and oxygen atoms in total. The third-order valence-electron chi connectivity index (χ3n) is 3.35. The maximum atomic E-state index is 6.50. The van der Waals surface area contributed by atoms with E-state index in [1.54, 1.807) is 7.11 Å². The number of methoxy groups -OCH3 is 1. The lowest BCUT2D eigenvalue weighted by Gasteiger charge is -2.29. The number of ether oxygens (including phenoxy) is 1. The SMILES string of the molecule is COc1ccc(C2=NO[C@@H](C[Si](C)(C)C)C[C@@H]2Cl)cc1Cl. The average Bonchev–Trinajstić information content (AvgIpc) is 2.37. The summed E-state index contributed by atoms with van der Waals surface area (Å²) >= 11 is 12.7. The number of nitrogens with zero attached hydrogens (tertiary/aromatic N) is 1. The van der Waals surface area contributed by atoms with E-state index in [9.17, 15) is 0 Å². The predicted octanol–water partition coefficient (Wildman–Crippen LogP) is 4.79. The zero-order valence-electron chi connectivity index (χ0n) is 12.8. The van der Waals surface area contributed by atoms with E-state index in [2.05, 4.69) is 24.8 Å². The third-order valence-corrected chi connectivity index (χ3v) is 5.71. The number of benzene rings is 1. The molecule has 0 aliphatic carbocycles. The third kappa shape index (κ3) is 4.38. The molecule has 0 amide bonds. The van der Waals surface area contributed by atoms with Crippen LogP contribution in [0.15, 0.2) is 23.4 Å². The maximum absolute atomic E-state index is 6.50. The first kappa shape index (κ1) is 16.7. The van der Waals surface area contributed by atoms with Crippen LogP contribution in [0.1, 0.15) is 12.0 Å². The quantitative estimate of drug-likeness (QED) is 0.580. The average molecular weight is 346 g/mol. The summed E-state index contributed by atoms with van der Waals surface area (Å²) < 4.78 is 5.15. The Morgan fingerprint density at radius 2 is 2.10 bits per heavy atom. The topological polar surface area (TPSA) is 30.8 Å². The van der Waals surface area contributed by atoms with Crippen molar-refractivity contribution in [1.29, 1.82) is 0 Å². The van der Waals surface area contributed by atoms with Gasteiger partial charge in [-0.3, -0.25) is 0 Å². The van der Waals surface area contributed by atoms with Gasteiger partial charge in [-0.25, -0.2) is 0 Å². The van der Waals surface area contributed by atoms with Gasteiger partial charge in [-0.2, -0.15) is 0 Å². The Labute approximate surface area is 137 Å². The van der Waals surface area contributed by atoms with Crippen LogP contribution in [-0.4, -0.2) is 32.4 Å². The molecule has 1 heterocycles. The first-order valence-electron chi connectivity index (χ1n) is 7.02. The summed E-state index contributed by atoms with van der Waals surface area (Å²) in [4.78, 5) is 5.65. The van der Waals surface area contributed by atoms with Crippen molar-refractivity contribution >= 4 is 37.0 Å². The van der Waals surface area contributed by atoms with E-state index in [4.69, 9.17) is 32.8 Å². The largest absolute Gasteiger partial charge is 0.495 e. The molecule has 2 atom stereocenters. The monoisotopic (exact) mass is 345 g/mol. The summed E-state index contributed by atoms with van der Waals surface area (Å²) in [6.07, 6.45) is 0.908. The fourth-order valence-corrected chi connectivity index (χ4v) is 4.67. The van der Waals surface area contributed by atoms with Gasteiger partial charge in [-0.1, -0.05) is 36.4 Å². The molecule has 21 heavy (non-hydrogen) atoms. The Balaban J connectivity index is 2.16. The molecule has 6 heteroatoms. The lowest BCUT2D eigenvalue weighted by atomic mass is 10.0. The molecule has 1 aliphatic rings. The van der Waals surface area contributed by atoms with Gasteiger partial charge in [0.15, 0.2) is 0 Å². The van der Waals surface area contributed by atoms with E-state index in [0.29, 0.717) is 10.8 Å². The fraction of sp³-hybridized carbons (Fsp3) is 0.533. The van der Waals surface area contributed by atoms with Crippen molar-refractivity contribution in [2.75, 3.05) is 7.11 Å². The van der Waals surface area contributed by atoms with Gasteiger partial charge in [0.2, 0.25) is 0 Å². The smallest absolute Gasteiger partial charge is 0.137 e.